The summed E-state index contributed by atoms with van der Waals surface area (Å²) in [6, 6.07) is 0. The van der Waals surface area contributed by atoms with Gasteiger partial charge in [0.25, 0.3) is 0 Å². The molecule has 0 bridgehead atoms. The molecule has 0 saturated heterocycles. The van der Waals surface area contributed by atoms with Crippen molar-refractivity contribution in [2.45, 2.75) is 9.14 Å². The van der Waals surface area contributed by atoms with Crippen molar-refractivity contribution in [2.75, 3.05) is 0 Å². The largest absolute Gasteiger partial charge is 0.333 e. The topological polar surface area (TPSA) is 0 Å². The Morgan fingerprint density at radius 1 is 1.11 bits per heavy atom. The quantitative estimate of drug-likeness (QED) is 0.561. The first kappa shape index (κ1) is 12.9. The van der Waals surface area contributed by atoms with Gasteiger partial charge in [0.05, 0.1) is 0 Å². The number of rotatable bonds is 0. The molecule has 7 heteroatoms. The summed E-state index contributed by atoms with van der Waals surface area (Å²) in [5.74, 6) is 0. The van der Waals surface area contributed by atoms with Crippen LogP contribution in [0.4, 0.5) is 8.78 Å². The van der Waals surface area contributed by atoms with Crippen LogP contribution in [0.25, 0.3) is 0 Å². The zero-order chi connectivity index (χ0) is 8.08. The number of hydrogen-bond acceptors (Lipinski definition) is 0. The van der Waals surface area contributed by atoms with Gasteiger partial charge in [-0.2, -0.15) is 4.39 Å². The summed E-state index contributed by atoms with van der Waals surface area (Å²) in [6.07, 6.45) is 0. The third-order valence-corrected chi connectivity index (χ3v) is 0. The first-order valence-electron chi connectivity index (χ1n) is 1.41. The predicted molar refractivity (Wildman–Crippen MR) is 38.0 cm³/mol. The fourth-order valence-corrected chi connectivity index (χ4v) is 0. The molecule has 0 saturated carbocycles. The van der Waals surface area contributed by atoms with E-state index >= 15 is 0 Å². The second-order valence-electron chi connectivity index (χ2n) is 0.676. The molecular formula is C2HCl5F2. The molecule has 0 aromatic rings. The Hall–Kier alpha value is 1.31. The molecule has 9 heavy (non-hydrogen) atoms. The van der Waals surface area contributed by atoms with E-state index in [-0.39, 0.29) is 0 Å². The first-order valence-corrected chi connectivity index (χ1v) is 3.42. The van der Waals surface area contributed by atoms with Gasteiger partial charge >= 0.3 is 4.05 Å². The van der Waals surface area contributed by atoms with Gasteiger partial charge in [-0.1, -0.05) is 23.2 Å². The van der Waals surface area contributed by atoms with Crippen LogP contribution in [-0.4, -0.2) is 9.14 Å². The highest BCUT2D eigenvalue weighted by atomic mass is 35.6. The molecule has 0 spiro atoms. The molecule has 0 aromatic heterocycles. The SMILES string of the molecule is FC(Cl)(Cl)Cl.FC(Cl)Cl. The minimum Gasteiger partial charge on any atom is -0.212 e. The average molecular weight is 240 g/mol. The maximum absolute atomic E-state index is 11.0. The number of halogens is 7. The van der Waals surface area contributed by atoms with Crippen LogP contribution >= 0.6 is 58.0 Å². The summed E-state index contributed by atoms with van der Waals surface area (Å²) in [5.41, 5.74) is 0. The van der Waals surface area contributed by atoms with Gasteiger partial charge in [-0.05, 0) is 34.8 Å². The maximum Gasteiger partial charge on any atom is 0.333 e. The average Bonchev–Trinajstić information content (AvgIpc) is 1.19. The van der Waals surface area contributed by atoms with Crippen LogP contribution in [0.1, 0.15) is 0 Å². The van der Waals surface area contributed by atoms with Crippen LogP contribution in [-0.2, 0) is 0 Å². The Labute approximate surface area is 76.0 Å². The lowest BCUT2D eigenvalue weighted by Crippen LogP contribution is -1.83. The molecule has 0 aliphatic heterocycles. The molecule has 0 heterocycles. The molecule has 58 valence electrons. The van der Waals surface area contributed by atoms with Crippen molar-refractivity contribution in [1.82, 2.24) is 0 Å². The van der Waals surface area contributed by atoms with E-state index in [9.17, 15) is 8.78 Å². The normalized spacial score (nSPS) is 10.7. The lowest BCUT2D eigenvalue weighted by molar-refractivity contribution is 0.507. The maximum atomic E-state index is 11.0. The Morgan fingerprint density at radius 3 is 1.11 bits per heavy atom. The van der Waals surface area contributed by atoms with Crippen LogP contribution < -0.4 is 0 Å². The molecular weight excluding hydrogens is 239 g/mol. The smallest absolute Gasteiger partial charge is 0.212 e. The highest BCUT2D eigenvalue weighted by molar-refractivity contribution is 6.66. The second kappa shape index (κ2) is 6.05. The zero-order valence-electron chi connectivity index (χ0n) is 3.72. The third kappa shape index (κ3) is 290. The van der Waals surface area contributed by atoms with Gasteiger partial charge in [0.2, 0.25) is 5.09 Å². The van der Waals surface area contributed by atoms with Crippen molar-refractivity contribution in [3.05, 3.63) is 0 Å². The Bertz CT molecular complexity index is 49.7. The van der Waals surface area contributed by atoms with E-state index in [1.54, 1.807) is 0 Å². The molecule has 0 unspecified atom stereocenters. The minimum atomic E-state index is -2.58. The Balaban J connectivity index is 0. The van der Waals surface area contributed by atoms with Crippen molar-refractivity contribution in [1.29, 1.82) is 0 Å². The molecule has 0 fully saturated rings. The fourth-order valence-electron chi connectivity index (χ4n) is 0. The zero-order valence-corrected chi connectivity index (χ0v) is 7.50. The first-order chi connectivity index (χ1) is 3.73. The van der Waals surface area contributed by atoms with Crippen molar-refractivity contribution >= 4 is 58.0 Å². The van der Waals surface area contributed by atoms with Crippen LogP contribution in [0.3, 0.4) is 0 Å². The van der Waals surface area contributed by atoms with Gasteiger partial charge in [0.15, 0.2) is 0 Å². The van der Waals surface area contributed by atoms with E-state index in [2.05, 4.69) is 58.0 Å². The number of alkyl halides is 7. The highest BCUT2D eigenvalue weighted by Gasteiger charge is 2.14. The molecule has 0 aliphatic carbocycles. The summed E-state index contributed by atoms with van der Waals surface area (Å²) in [7, 11) is 0. The minimum absolute atomic E-state index is 1.72. The van der Waals surface area contributed by atoms with E-state index in [0.717, 1.165) is 0 Å². The fraction of sp³-hybridized carbons (Fsp3) is 1.00. The van der Waals surface area contributed by atoms with Gasteiger partial charge in [-0.3, -0.25) is 0 Å². The Morgan fingerprint density at radius 2 is 1.11 bits per heavy atom. The highest BCUT2D eigenvalue weighted by Crippen LogP contribution is 2.26. The predicted octanol–water partition coefficient (Wildman–Crippen LogP) is 4.00. The number of hydrogen-bond donors (Lipinski definition) is 0. The van der Waals surface area contributed by atoms with E-state index in [1.807, 2.05) is 0 Å². The van der Waals surface area contributed by atoms with Gasteiger partial charge in [-0.15, -0.1) is 0 Å². The van der Waals surface area contributed by atoms with Crippen molar-refractivity contribution in [2.24, 2.45) is 0 Å². The van der Waals surface area contributed by atoms with E-state index in [1.165, 1.54) is 0 Å². The molecule has 0 aliphatic rings. The second-order valence-corrected chi connectivity index (χ2v) is 3.81. The van der Waals surface area contributed by atoms with Gasteiger partial charge in [-0.25, -0.2) is 4.39 Å². The molecule has 0 atom stereocenters. The summed E-state index contributed by atoms with van der Waals surface area (Å²) in [5, 5.41) is -1.72. The summed E-state index contributed by atoms with van der Waals surface area (Å²) < 4.78 is 18.9. The molecule has 0 amide bonds. The van der Waals surface area contributed by atoms with Crippen LogP contribution in [0, 0.1) is 0 Å². The third-order valence-electron chi connectivity index (χ3n) is 0. The van der Waals surface area contributed by atoms with Gasteiger partial charge in [0.1, 0.15) is 0 Å². The Kier molecular flexibility index (Phi) is 8.70. The van der Waals surface area contributed by atoms with Crippen molar-refractivity contribution < 1.29 is 8.78 Å². The summed E-state index contributed by atoms with van der Waals surface area (Å²) >= 11 is 21.9. The van der Waals surface area contributed by atoms with Gasteiger partial charge < -0.3 is 0 Å². The van der Waals surface area contributed by atoms with E-state index in [0.29, 0.717) is 0 Å². The van der Waals surface area contributed by atoms with Gasteiger partial charge in [0, 0.05) is 0 Å². The monoisotopic (exact) mass is 238 g/mol. The summed E-state index contributed by atoms with van der Waals surface area (Å²) in [6.45, 7) is 0. The van der Waals surface area contributed by atoms with E-state index < -0.39 is 9.14 Å². The molecule has 0 N–H and O–H groups in total. The van der Waals surface area contributed by atoms with Crippen LogP contribution in [0.5, 0.6) is 0 Å². The standard InChI is InChI=1S/CCl3F.CHCl2F/c2-1(3,4)5;2-1(3)4/h;1H. The van der Waals surface area contributed by atoms with Crippen LogP contribution in [0.15, 0.2) is 0 Å². The molecule has 0 radical (unpaired) electrons. The lowest BCUT2D eigenvalue weighted by Gasteiger charge is -1.89. The lowest BCUT2D eigenvalue weighted by atomic mass is 11.7. The van der Waals surface area contributed by atoms with Crippen LogP contribution in [0.2, 0.25) is 0 Å². The molecule has 0 aromatic carbocycles. The molecule has 0 nitrogen and oxygen atoms in total. The summed E-state index contributed by atoms with van der Waals surface area (Å²) in [4.78, 5) is 0. The van der Waals surface area contributed by atoms with Crippen molar-refractivity contribution in [3.8, 4) is 0 Å². The van der Waals surface area contributed by atoms with E-state index in [4.69, 9.17) is 0 Å². The molecule has 0 rings (SSSR count). The van der Waals surface area contributed by atoms with Crippen molar-refractivity contribution in [3.63, 3.8) is 0 Å².